The summed E-state index contributed by atoms with van der Waals surface area (Å²) in [7, 11) is 0. The van der Waals surface area contributed by atoms with Crippen LogP contribution in [0.3, 0.4) is 0 Å². The second-order valence-electron chi connectivity index (χ2n) is 4.86. The van der Waals surface area contributed by atoms with Gasteiger partial charge in [-0.05, 0) is 6.07 Å². The third-order valence-corrected chi connectivity index (χ3v) is 2.43. The summed E-state index contributed by atoms with van der Waals surface area (Å²) in [5, 5.41) is 4.51. The molecule has 0 aliphatic rings. The number of nitrogens with two attached hydrogens (primary N) is 1. The fraction of sp³-hybridized carbons (Fsp3) is 0.308. The number of rotatable bonds is 1. The Morgan fingerprint density at radius 1 is 1.31 bits per heavy atom. The van der Waals surface area contributed by atoms with Gasteiger partial charge in [-0.15, -0.1) is 0 Å². The van der Waals surface area contributed by atoms with Gasteiger partial charge in [0, 0.05) is 17.5 Å². The van der Waals surface area contributed by atoms with E-state index in [1.807, 2.05) is 30.3 Å². The molecule has 1 heterocycles. The maximum atomic E-state index is 5.95. The molecule has 3 heteroatoms. The average molecular weight is 214 g/mol. The van der Waals surface area contributed by atoms with E-state index in [-0.39, 0.29) is 5.41 Å². The second kappa shape index (κ2) is 3.67. The lowest BCUT2D eigenvalue weighted by Gasteiger charge is -2.14. The molecule has 0 spiro atoms. The van der Waals surface area contributed by atoms with Crippen LogP contribution in [0.5, 0.6) is 0 Å². The van der Waals surface area contributed by atoms with Gasteiger partial charge in [-0.2, -0.15) is 5.10 Å². The van der Waals surface area contributed by atoms with Crippen molar-refractivity contribution >= 4 is 5.82 Å². The zero-order valence-electron chi connectivity index (χ0n) is 9.86. The molecule has 1 aromatic heterocycles. The first kappa shape index (κ1) is 10.7. The highest BCUT2D eigenvalue weighted by atomic mass is 15.3. The summed E-state index contributed by atoms with van der Waals surface area (Å²) >= 11 is 0. The van der Waals surface area contributed by atoms with E-state index >= 15 is 0 Å². The van der Waals surface area contributed by atoms with Gasteiger partial charge in [0.1, 0.15) is 5.82 Å². The third kappa shape index (κ3) is 1.94. The molecule has 1 radical (unpaired) electrons. The van der Waals surface area contributed by atoms with Gasteiger partial charge in [0.25, 0.3) is 0 Å². The van der Waals surface area contributed by atoms with Crippen molar-refractivity contribution in [2.75, 3.05) is 5.73 Å². The number of nitrogen functional groups attached to an aromatic ring is 1. The van der Waals surface area contributed by atoms with Crippen molar-refractivity contribution < 1.29 is 0 Å². The lowest BCUT2D eigenvalue weighted by Crippen LogP contribution is -2.12. The first-order chi connectivity index (χ1) is 7.48. The Balaban J connectivity index is 2.48. The number of benzene rings is 1. The first-order valence-corrected chi connectivity index (χ1v) is 5.31. The van der Waals surface area contributed by atoms with Crippen LogP contribution in [0.15, 0.2) is 30.3 Å². The molecule has 0 atom stereocenters. The average Bonchev–Trinajstić information content (AvgIpc) is 2.61. The van der Waals surface area contributed by atoms with E-state index in [1.54, 1.807) is 4.68 Å². The van der Waals surface area contributed by atoms with Crippen molar-refractivity contribution in [2.45, 2.75) is 26.2 Å². The fourth-order valence-corrected chi connectivity index (χ4v) is 1.47. The Morgan fingerprint density at radius 2 is 2.06 bits per heavy atom. The van der Waals surface area contributed by atoms with Crippen molar-refractivity contribution in [1.29, 1.82) is 0 Å². The van der Waals surface area contributed by atoms with Gasteiger partial charge in [-0.1, -0.05) is 39.0 Å². The zero-order chi connectivity index (χ0) is 11.8. The number of aromatic nitrogens is 2. The van der Waals surface area contributed by atoms with Gasteiger partial charge in [0.2, 0.25) is 0 Å². The van der Waals surface area contributed by atoms with Crippen LogP contribution in [0.2, 0.25) is 0 Å². The molecule has 16 heavy (non-hydrogen) atoms. The maximum absolute atomic E-state index is 5.95. The standard InChI is InChI=1S/C13H16N3/c1-13(2,3)11-9-12(14)16(15-11)10-7-5-4-6-8-10/h4-7,9H,14H2,1-3H3. The van der Waals surface area contributed by atoms with E-state index in [0.717, 1.165) is 11.4 Å². The minimum atomic E-state index is 0.00809. The van der Waals surface area contributed by atoms with E-state index < -0.39 is 0 Å². The Hall–Kier alpha value is -1.77. The highest BCUT2D eigenvalue weighted by molar-refractivity contribution is 5.43. The Morgan fingerprint density at radius 3 is 2.56 bits per heavy atom. The molecule has 0 fully saturated rings. The summed E-state index contributed by atoms with van der Waals surface area (Å²) in [5.74, 6) is 0.646. The van der Waals surface area contributed by atoms with Gasteiger partial charge in [-0.25, -0.2) is 4.68 Å². The summed E-state index contributed by atoms with van der Waals surface area (Å²) in [6, 6.07) is 12.7. The second-order valence-corrected chi connectivity index (χ2v) is 4.86. The monoisotopic (exact) mass is 214 g/mol. The van der Waals surface area contributed by atoms with E-state index in [9.17, 15) is 0 Å². The molecule has 2 N–H and O–H groups in total. The molecule has 0 unspecified atom stereocenters. The largest absolute Gasteiger partial charge is 0.384 e. The maximum Gasteiger partial charge on any atom is 0.127 e. The molecular weight excluding hydrogens is 198 g/mol. The van der Waals surface area contributed by atoms with Crippen LogP contribution >= 0.6 is 0 Å². The zero-order valence-corrected chi connectivity index (χ0v) is 9.86. The quantitative estimate of drug-likeness (QED) is 0.792. The van der Waals surface area contributed by atoms with Crippen LogP contribution in [0.4, 0.5) is 5.82 Å². The molecule has 0 bridgehead atoms. The predicted octanol–water partition coefficient (Wildman–Crippen LogP) is 2.55. The van der Waals surface area contributed by atoms with Crippen molar-refractivity contribution in [2.24, 2.45) is 0 Å². The van der Waals surface area contributed by atoms with Crippen molar-refractivity contribution in [3.8, 4) is 5.69 Å². The van der Waals surface area contributed by atoms with Crippen LogP contribution in [0.1, 0.15) is 26.5 Å². The fourth-order valence-electron chi connectivity index (χ4n) is 1.47. The molecule has 2 rings (SSSR count). The molecule has 0 saturated carbocycles. The van der Waals surface area contributed by atoms with Crippen LogP contribution in [0.25, 0.3) is 5.69 Å². The summed E-state index contributed by atoms with van der Waals surface area (Å²) in [5.41, 5.74) is 7.82. The number of hydrogen-bond acceptors (Lipinski definition) is 2. The SMILES string of the molecule is CC(C)(C)c1cc(N)n(-c2[c]cccc2)n1. The highest BCUT2D eigenvalue weighted by Gasteiger charge is 2.19. The first-order valence-electron chi connectivity index (χ1n) is 5.31. The molecule has 83 valence electrons. The van der Waals surface area contributed by atoms with Gasteiger partial charge in [0.15, 0.2) is 0 Å². The molecule has 0 amide bonds. The van der Waals surface area contributed by atoms with Crippen LogP contribution in [-0.4, -0.2) is 9.78 Å². The van der Waals surface area contributed by atoms with Crippen LogP contribution in [-0.2, 0) is 5.41 Å². The number of para-hydroxylation sites is 1. The Kier molecular flexibility index (Phi) is 2.46. The molecule has 0 aliphatic carbocycles. The molecule has 0 saturated heterocycles. The summed E-state index contributed by atoms with van der Waals surface area (Å²) < 4.78 is 1.72. The van der Waals surface area contributed by atoms with Gasteiger partial charge in [0.05, 0.1) is 11.4 Å². The van der Waals surface area contributed by atoms with E-state index in [0.29, 0.717) is 5.82 Å². The number of hydrogen-bond donors (Lipinski definition) is 1. The molecule has 0 aliphatic heterocycles. The molecule has 1 aromatic carbocycles. The van der Waals surface area contributed by atoms with Crippen molar-refractivity contribution in [3.05, 3.63) is 42.1 Å². The van der Waals surface area contributed by atoms with E-state index in [1.165, 1.54) is 0 Å². The van der Waals surface area contributed by atoms with E-state index in [2.05, 4.69) is 31.9 Å². The molecule has 3 nitrogen and oxygen atoms in total. The lowest BCUT2D eigenvalue weighted by molar-refractivity contribution is 0.560. The van der Waals surface area contributed by atoms with Gasteiger partial charge >= 0.3 is 0 Å². The Labute approximate surface area is 95.9 Å². The normalized spacial score (nSPS) is 11.7. The van der Waals surface area contributed by atoms with Crippen LogP contribution < -0.4 is 5.73 Å². The summed E-state index contributed by atoms with van der Waals surface area (Å²) in [6.07, 6.45) is 0. The lowest BCUT2D eigenvalue weighted by atomic mass is 9.92. The van der Waals surface area contributed by atoms with Crippen molar-refractivity contribution in [3.63, 3.8) is 0 Å². The smallest absolute Gasteiger partial charge is 0.127 e. The predicted molar refractivity (Wildman–Crippen MR) is 65.5 cm³/mol. The molecule has 2 aromatic rings. The van der Waals surface area contributed by atoms with Gasteiger partial charge < -0.3 is 5.73 Å². The number of nitrogens with zero attached hydrogens (tertiary/aromatic N) is 2. The summed E-state index contributed by atoms with van der Waals surface area (Å²) in [6.45, 7) is 6.36. The van der Waals surface area contributed by atoms with Crippen molar-refractivity contribution in [1.82, 2.24) is 9.78 Å². The van der Waals surface area contributed by atoms with E-state index in [4.69, 9.17) is 5.73 Å². The van der Waals surface area contributed by atoms with Crippen LogP contribution in [0, 0.1) is 6.07 Å². The third-order valence-electron chi connectivity index (χ3n) is 2.43. The summed E-state index contributed by atoms with van der Waals surface area (Å²) in [4.78, 5) is 0. The minimum Gasteiger partial charge on any atom is -0.384 e. The van der Waals surface area contributed by atoms with Gasteiger partial charge in [-0.3, -0.25) is 0 Å². The number of anilines is 1. The topological polar surface area (TPSA) is 43.8 Å². The molecular formula is C13H16N3. The minimum absolute atomic E-state index is 0.00809. The highest BCUT2D eigenvalue weighted by Crippen LogP contribution is 2.24. The Bertz CT molecular complexity index is 478.